The minimum atomic E-state index is 0.0385. The standard InChI is InChI=1S/C12H20N2OS/c1-5-6-7-14(4)12(15)10-8-16-11(13-10)9(2)3/h8-9H,5-7H2,1-4H3. The molecule has 0 radical (unpaired) electrons. The van der Waals surface area contributed by atoms with Gasteiger partial charge in [-0.05, 0) is 6.42 Å². The zero-order valence-corrected chi connectivity index (χ0v) is 11.3. The number of carbonyl (C=O) groups is 1. The molecule has 0 saturated heterocycles. The van der Waals surface area contributed by atoms with Crippen molar-refractivity contribution in [2.45, 2.75) is 39.5 Å². The first kappa shape index (κ1) is 13.2. The van der Waals surface area contributed by atoms with E-state index in [-0.39, 0.29) is 5.91 Å². The number of aromatic nitrogens is 1. The first-order valence-corrected chi connectivity index (χ1v) is 6.65. The lowest BCUT2D eigenvalue weighted by Gasteiger charge is -2.14. The molecule has 1 rings (SSSR count). The molecule has 16 heavy (non-hydrogen) atoms. The minimum Gasteiger partial charge on any atom is -0.340 e. The van der Waals surface area contributed by atoms with Gasteiger partial charge >= 0.3 is 0 Å². The molecule has 0 N–H and O–H groups in total. The summed E-state index contributed by atoms with van der Waals surface area (Å²) in [4.78, 5) is 18.1. The lowest BCUT2D eigenvalue weighted by atomic mass is 10.2. The average molecular weight is 240 g/mol. The molecule has 1 amide bonds. The summed E-state index contributed by atoms with van der Waals surface area (Å²) in [6.45, 7) is 7.11. The van der Waals surface area contributed by atoms with E-state index in [1.807, 2.05) is 12.4 Å². The summed E-state index contributed by atoms with van der Waals surface area (Å²) < 4.78 is 0. The number of thiazole rings is 1. The van der Waals surface area contributed by atoms with Crippen LogP contribution in [0, 0.1) is 0 Å². The van der Waals surface area contributed by atoms with Crippen LogP contribution in [0.1, 0.15) is 55.0 Å². The van der Waals surface area contributed by atoms with E-state index in [0.29, 0.717) is 11.6 Å². The third-order valence-corrected chi connectivity index (χ3v) is 3.57. The molecule has 0 fully saturated rings. The predicted octanol–water partition coefficient (Wildman–Crippen LogP) is 3.14. The molecule has 0 unspecified atom stereocenters. The number of hydrogen-bond acceptors (Lipinski definition) is 3. The van der Waals surface area contributed by atoms with Gasteiger partial charge in [-0.15, -0.1) is 11.3 Å². The fourth-order valence-corrected chi connectivity index (χ4v) is 2.15. The second-order valence-corrected chi connectivity index (χ2v) is 5.20. The van der Waals surface area contributed by atoms with Gasteiger partial charge in [0.15, 0.2) is 0 Å². The van der Waals surface area contributed by atoms with E-state index in [1.54, 1.807) is 16.2 Å². The Bertz CT molecular complexity index is 347. The van der Waals surface area contributed by atoms with Gasteiger partial charge in [-0.3, -0.25) is 4.79 Å². The lowest BCUT2D eigenvalue weighted by molar-refractivity contribution is 0.0788. The van der Waals surface area contributed by atoms with E-state index in [0.717, 1.165) is 24.4 Å². The predicted molar refractivity (Wildman–Crippen MR) is 68.1 cm³/mol. The van der Waals surface area contributed by atoms with Gasteiger partial charge in [0.2, 0.25) is 0 Å². The van der Waals surface area contributed by atoms with Crippen molar-refractivity contribution < 1.29 is 4.79 Å². The highest BCUT2D eigenvalue weighted by atomic mass is 32.1. The van der Waals surface area contributed by atoms with Gasteiger partial charge in [0.25, 0.3) is 5.91 Å². The summed E-state index contributed by atoms with van der Waals surface area (Å²) in [5.41, 5.74) is 0.590. The second-order valence-electron chi connectivity index (χ2n) is 4.31. The number of nitrogens with zero attached hydrogens (tertiary/aromatic N) is 2. The van der Waals surface area contributed by atoms with Gasteiger partial charge in [0, 0.05) is 24.9 Å². The Hall–Kier alpha value is -0.900. The molecule has 3 nitrogen and oxygen atoms in total. The Labute approximate surface area is 101 Å². The molecular formula is C12H20N2OS. The highest BCUT2D eigenvalue weighted by Crippen LogP contribution is 2.19. The van der Waals surface area contributed by atoms with Crippen molar-refractivity contribution >= 4 is 17.2 Å². The molecule has 0 aromatic carbocycles. The van der Waals surface area contributed by atoms with Crippen LogP contribution in [-0.2, 0) is 0 Å². The van der Waals surface area contributed by atoms with E-state index in [1.165, 1.54) is 0 Å². The van der Waals surface area contributed by atoms with E-state index in [2.05, 4.69) is 25.8 Å². The molecule has 0 atom stereocenters. The molecule has 0 aliphatic heterocycles. The summed E-state index contributed by atoms with van der Waals surface area (Å²) in [6.07, 6.45) is 2.15. The molecular weight excluding hydrogens is 220 g/mol. The van der Waals surface area contributed by atoms with Crippen LogP contribution < -0.4 is 0 Å². The van der Waals surface area contributed by atoms with Crippen LogP contribution in [0.4, 0.5) is 0 Å². The third-order valence-electron chi connectivity index (χ3n) is 2.43. The number of amides is 1. The van der Waals surface area contributed by atoms with E-state index in [9.17, 15) is 4.79 Å². The first-order chi connectivity index (χ1) is 7.56. The number of rotatable bonds is 5. The zero-order valence-electron chi connectivity index (χ0n) is 10.5. The summed E-state index contributed by atoms with van der Waals surface area (Å²) >= 11 is 1.57. The molecule has 90 valence electrons. The smallest absolute Gasteiger partial charge is 0.273 e. The normalized spacial score (nSPS) is 10.8. The lowest BCUT2D eigenvalue weighted by Crippen LogP contribution is -2.27. The molecule has 0 bridgehead atoms. The molecule has 0 spiro atoms. The quantitative estimate of drug-likeness (QED) is 0.792. The number of unbranched alkanes of at least 4 members (excludes halogenated alkanes) is 1. The molecule has 1 aromatic rings. The van der Waals surface area contributed by atoms with Crippen molar-refractivity contribution in [2.24, 2.45) is 0 Å². The van der Waals surface area contributed by atoms with E-state index >= 15 is 0 Å². The van der Waals surface area contributed by atoms with Crippen LogP contribution in [0.5, 0.6) is 0 Å². The minimum absolute atomic E-state index is 0.0385. The highest BCUT2D eigenvalue weighted by molar-refractivity contribution is 7.09. The van der Waals surface area contributed by atoms with Crippen LogP contribution >= 0.6 is 11.3 Å². The molecule has 0 saturated carbocycles. The first-order valence-electron chi connectivity index (χ1n) is 5.77. The fourth-order valence-electron chi connectivity index (χ4n) is 1.34. The Morgan fingerprint density at radius 2 is 2.25 bits per heavy atom. The monoisotopic (exact) mass is 240 g/mol. The van der Waals surface area contributed by atoms with Gasteiger partial charge in [-0.2, -0.15) is 0 Å². The van der Waals surface area contributed by atoms with Crippen molar-refractivity contribution in [2.75, 3.05) is 13.6 Å². The van der Waals surface area contributed by atoms with Gasteiger partial charge in [0.1, 0.15) is 5.69 Å². The third kappa shape index (κ3) is 3.30. The zero-order chi connectivity index (χ0) is 12.1. The van der Waals surface area contributed by atoms with Crippen LogP contribution in [-0.4, -0.2) is 29.4 Å². The Kier molecular flexibility index (Phi) is 4.93. The van der Waals surface area contributed by atoms with Crippen molar-refractivity contribution in [1.29, 1.82) is 0 Å². The Balaban J connectivity index is 2.65. The highest BCUT2D eigenvalue weighted by Gasteiger charge is 2.15. The topological polar surface area (TPSA) is 33.2 Å². The van der Waals surface area contributed by atoms with Crippen LogP contribution in [0.2, 0.25) is 0 Å². The molecule has 4 heteroatoms. The van der Waals surface area contributed by atoms with Crippen LogP contribution in [0.3, 0.4) is 0 Å². The van der Waals surface area contributed by atoms with Gasteiger partial charge in [-0.25, -0.2) is 4.98 Å². The van der Waals surface area contributed by atoms with Crippen LogP contribution in [0.25, 0.3) is 0 Å². The number of carbonyl (C=O) groups excluding carboxylic acids is 1. The molecule has 0 aliphatic carbocycles. The Morgan fingerprint density at radius 1 is 1.56 bits per heavy atom. The summed E-state index contributed by atoms with van der Waals surface area (Å²) in [7, 11) is 1.84. The fraction of sp³-hybridized carbons (Fsp3) is 0.667. The second kappa shape index (κ2) is 5.99. The summed E-state index contributed by atoms with van der Waals surface area (Å²) in [5, 5.41) is 2.90. The number of hydrogen-bond donors (Lipinski definition) is 0. The molecule has 0 aliphatic rings. The average Bonchev–Trinajstić information content (AvgIpc) is 2.74. The maximum atomic E-state index is 12.0. The van der Waals surface area contributed by atoms with Crippen molar-refractivity contribution in [3.63, 3.8) is 0 Å². The van der Waals surface area contributed by atoms with Gasteiger partial charge in [0.05, 0.1) is 5.01 Å². The maximum absolute atomic E-state index is 12.0. The summed E-state index contributed by atoms with van der Waals surface area (Å²) in [5.74, 6) is 0.434. The molecule has 1 heterocycles. The van der Waals surface area contributed by atoms with Crippen LogP contribution in [0.15, 0.2) is 5.38 Å². The van der Waals surface area contributed by atoms with Gasteiger partial charge in [-0.1, -0.05) is 27.2 Å². The van der Waals surface area contributed by atoms with Gasteiger partial charge < -0.3 is 4.90 Å². The van der Waals surface area contributed by atoms with Crippen molar-refractivity contribution in [3.05, 3.63) is 16.1 Å². The molecule has 1 aromatic heterocycles. The van der Waals surface area contributed by atoms with Crippen molar-refractivity contribution in [1.82, 2.24) is 9.88 Å². The Morgan fingerprint density at radius 3 is 2.75 bits per heavy atom. The SMILES string of the molecule is CCCCN(C)C(=O)c1csc(C(C)C)n1. The largest absolute Gasteiger partial charge is 0.340 e. The maximum Gasteiger partial charge on any atom is 0.273 e. The van der Waals surface area contributed by atoms with Crippen molar-refractivity contribution in [3.8, 4) is 0 Å². The van der Waals surface area contributed by atoms with E-state index in [4.69, 9.17) is 0 Å². The summed E-state index contributed by atoms with van der Waals surface area (Å²) in [6, 6.07) is 0. The van der Waals surface area contributed by atoms with E-state index < -0.39 is 0 Å².